The van der Waals surface area contributed by atoms with Crippen LogP contribution in [-0.2, 0) is 0 Å². The zero-order chi connectivity index (χ0) is 29.5. The summed E-state index contributed by atoms with van der Waals surface area (Å²) in [4.78, 5) is 9.47. The van der Waals surface area contributed by atoms with Gasteiger partial charge in [-0.25, -0.2) is 9.97 Å². The predicted octanol–water partition coefficient (Wildman–Crippen LogP) is 10.7. The van der Waals surface area contributed by atoms with E-state index in [0.717, 1.165) is 32.8 Å². The highest BCUT2D eigenvalue weighted by atomic mass is 32.1. The van der Waals surface area contributed by atoms with Gasteiger partial charge in [0.2, 0.25) is 0 Å². The zero-order valence-corrected chi connectivity index (χ0v) is 24.9. The first-order chi connectivity index (χ1) is 22.3. The largest absolute Gasteiger partial charge is 0.309 e. The maximum absolute atomic E-state index is 4.80. The van der Waals surface area contributed by atoms with Crippen molar-refractivity contribution in [1.29, 1.82) is 0 Å². The average molecular weight is 593 g/mol. The van der Waals surface area contributed by atoms with E-state index in [1.807, 2.05) is 0 Å². The molecule has 6 aromatic carbocycles. The SMILES string of the molecule is c1cc(-c2ncnc3c2sc2ccccc23)cc(-n2c3ccccc3c3cc(-n4c5ccccc5c5ccccc54)ccc32)c1. The number of aromatic nitrogens is 4. The van der Waals surface area contributed by atoms with E-state index < -0.39 is 0 Å². The van der Waals surface area contributed by atoms with Gasteiger partial charge in [0.05, 0.1) is 38.0 Å². The normalized spacial score (nSPS) is 12.0. The number of hydrogen-bond donors (Lipinski definition) is 0. The van der Waals surface area contributed by atoms with Gasteiger partial charge in [-0.2, -0.15) is 0 Å². The van der Waals surface area contributed by atoms with E-state index in [1.165, 1.54) is 53.7 Å². The molecule has 0 saturated carbocycles. The summed E-state index contributed by atoms with van der Waals surface area (Å²) in [6.07, 6.45) is 1.69. The van der Waals surface area contributed by atoms with Gasteiger partial charge in [-0.3, -0.25) is 0 Å². The monoisotopic (exact) mass is 592 g/mol. The van der Waals surface area contributed by atoms with Gasteiger partial charge in [-0.1, -0.05) is 84.9 Å². The summed E-state index contributed by atoms with van der Waals surface area (Å²) in [5, 5.41) is 6.17. The van der Waals surface area contributed by atoms with Crippen molar-refractivity contribution in [3.63, 3.8) is 0 Å². The highest BCUT2D eigenvalue weighted by Crippen LogP contribution is 2.40. The van der Waals surface area contributed by atoms with Gasteiger partial charge in [0, 0.05) is 48.6 Å². The van der Waals surface area contributed by atoms with Crippen molar-refractivity contribution < 1.29 is 0 Å². The molecule has 45 heavy (non-hydrogen) atoms. The molecule has 0 bridgehead atoms. The lowest BCUT2D eigenvalue weighted by atomic mass is 10.1. The van der Waals surface area contributed by atoms with Crippen molar-refractivity contribution in [3.8, 4) is 22.6 Å². The number of para-hydroxylation sites is 3. The Hall–Kier alpha value is -5.78. The molecule has 0 radical (unpaired) electrons. The summed E-state index contributed by atoms with van der Waals surface area (Å²) in [5.74, 6) is 0. The summed E-state index contributed by atoms with van der Waals surface area (Å²) in [7, 11) is 0. The van der Waals surface area contributed by atoms with Crippen LogP contribution < -0.4 is 0 Å². The molecule has 0 spiro atoms. The third-order valence-corrected chi connectivity index (χ3v) is 10.2. The minimum atomic E-state index is 0.970. The lowest BCUT2D eigenvalue weighted by Crippen LogP contribution is -1.96. The average Bonchev–Trinajstić information content (AvgIpc) is 3.76. The Kier molecular flexibility index (Phi) is 5.12. The molecule has 0 aliphatic heterocycles. The molecule has 0 fully saturated rings. The van der Waals surface area contributed by atoms with Crippen LogP contribution in [0.1, 0.15) is 0 Å². The lowest BCUT2D eigenvalue weighted by Gasteiger charge is -2.11. The molecular weight excluding hydrogens is 569 g/mol. The number of hydrogen-bond acceptors (Lipinski definition) is 3. The van der Waals surface area contributed by atoms with Gasteiger partial charge < -0.3 is 9.13 Å². The Balaban J connectivity index is 1.20. The van der Waals surface area contributed by atoms with Crippen LogP contribution in [0.25, 0.3) is 86.5 Å². The molecule has 10 aromatic rings. The molecule has 4 heterocycles. The Morgan fingerprint density at radius 2 is 1.02 bits per heavy atom. The van der Waals surface area contributed by atoms with Crippen LogP contribution in [-0.4, -0.2) is 19.1 Å². The predicted molar refractivity (Wildman–Crippen MR) is 189 cm³/mol. The summed E-state index contributed by atoms with van der Waals surface area (Å²) < 4.78 is 7.12. The molecule has 5 heteroatoms. The van der Waals surface area contributed by atoms with Crippen molar-refractivity contribution in [3.05, 3.63) is 146 Å². The second-order valence-corrected chi connectivity index (χ2v) is 12.5. The molecule has 4 nitrogen and oxygen atoms in total. The van der Waals surface area contributed by atoms with E-state index in [1.54, 1.807) is 17.7 Å². The zero-order valence-electron chi connectivity index (χ0n) is 24.1. The summed E-state index contributed by atoms with van der Waals surface area (Å²) in [6, 6.07) is 50.2. The third kappa shape index (κ3) is 3.53. The molecular formula is C40H24N4S. The van der Waals surface area contributed by atoms with Crippen LogP contribution in [0.4, 0.5) is 0 Å². The number of benzene rings is 6. The van der Waals surface area contributed by atoms with Gasteiger partial charge in [-0.05, 0) is 54.6 Å². The number of rotatable bonds is 3. The number of nitrogens with zero attached hydrogens (tertiary/aromatic N) is 4. The van der Waals surface area contributed by atoms with Crippen LogP contribution in [0.2, 0.25) is 0 Å². The van der Waals surface area contributed by atoms with Gasteiger partial charge in [0.25, 0.3) is 0 Å². The summed E-state index contributed by atoms with van der Waals surface area (Å²) in [6.45, 7) is 0. The van der Waals surface area contributed by atoms with Crippen LogP contribution in [0.15, 0.2) is 146 Å². The van der Waals surface area contributed by atoms with Gasteiger partial charge in [-0.15, -0.1) is 11.3 Å². The van der Waals surface area contributed by atoms with Crippen LogP contribution in [0, 0.1) is 0 Å². The Labute approximate surface area is 262 Å². The first-order valence-electron chi connectivity index (χ1n) is 15.1. The fourth-order valence-corrected chi connectivity index (χ4v) is 8.27. The minimum absolute atomic E-state index is 0.970. The first-order valence-corrected chi connectivity index (χ1v) is 15.9. The van der Waals surface area contributed by atoms with Gasteiger partial charge in [0.1, 0.15) is 6.33 Å². The maximum Gasteiger partial charge on any atom is 0.116 e. The fraction of sp³-hybridized carbons (Fsp3) is 0. The molecule has 0 atom stereocenters. The van der Waals surface area contributed by atoms with Gasteiger partial charge in [0.15, 0.2) is 0 Å². The van der Waals surface area contributed by atoms with E-state index in [9.17, 15) is 0 Å². The standard InChI is InChI=1S/C40H24N4S/c1-5-16-33-28(12-1)29-13-2-6-17-34(29)44(33)27-20-21-36-32(23-27)30-14-3-7-18-35(30)43(36)26-11-9-10-25(22-26)38-40-39(42-24-41-38)31-15-4-8-19-37(31)45-40/h1-24H. The van der Waals surface area contributed by atoms with Crippen LogP contribution in [0.3, 0.4) is 0 Å². The number of thiophene rings is 1. The van der Waals surface area contributed by atoms with Crippen molar-refractivity contribution in [2.45, 2.75) is 0 Å². The quantitative estimate of drug-likeness (QED) is 0.205. The van der Waals surface area contributed by atoms with E-state index in [4.69, 9.17) is 4.98 Å². The Morgan fingerprint density at radius 1 is 0.444 bits per heavy atom. The highest BCUT2D eigenvalue weighted by molar-refractivity contribution is 7.26. The molecule has 210 valence electrons. The lowest BCUT2D eigenvalue weighted by molar-refractivity contribution is 1.16. The van der Waals surface area contributed by atoms with Crippen molar-refractivity contribution in [2.75, 3.05) is 0 Å². The topological polar surface area (TPSA) is 35.6 Å². The first kappa shape index (κ1) is 24.6. The Morgan fingerprint density at radius 3 is 1.73 bits per heavy atom. The molecule has 10 rings (SSSR count). The van der Waals surface area contributed by atoms with E-state index in [0.29, 0.717) is 0 Å². The van der Waals surface area contributed by atoms with E-state index >= 15 is 0 Å². The molecule has 0 saturated heterocycles. The highest BCUT2D eigenvalue weighted by Gasteiger charge is 2.18. The van der Waals surface area contributed by atoms with Gasteiger partial charge >= 0.3 is 0 Å². The third-order valence-electron chi connectivity index (χ3n) is 9.03. The second kappa shape index (κ2) is 9.36. The van der Waals surface area contributed by atoms with Crippen molar-refractivity contribution in [2.24, 2.45) is 0 Å². The number of fused-ring (bicyclic) bond motifs is 9. The van der Waals surface area contributed by atoms with Crippen LogP contribution in [0.5, 0.6) is 0 Å². The molecule has 0 amide bonds. The molecule has 0 N–H and O–H groups in total. The molecule has 0 aliphatic rings. The van der Waals surface area contributed by atoms with E-state index in [2.05, 4.69) is 154 Å². The molecule has 4 aromatic heterocycles. The summed E-state index contributed by atoms with van der Waals surface area (Å²) >= 11 is 1.76. The van der Waals surface area contributed by atoms with Crippen molar-refractivity contribution >= 4 is 75.3 Å². The summed E-state index contributed by atoms with van der Waals surface area (Å²) in [5.41, 5.74) is 10.1. The molecule has 0 aliphatic carbocycles. The maximum atomic E-state index is 4.80. The van der Waals surface area contributed by atoms with Crippen LogP contribution >= 0.6 is 11.3 Å². The van der Waals surface area contributed by atoms with E-state index in [-0.39, 0.29) is 0 Å². The fourth-order valence-electron chi connectivity index (χ4n) is 7.10. The van der Waals surface area contributed by atoms with Crippen molar-refractivity contribution in [1.82, 2.24) is 19.1 Å². The smallest absolute Gasteiger partial charge is 0.116 e. The molecule has 0 unspecified atom stereocenters. The Bertz CT molecular complexity index is 2730. The second-order valence-electron chi connectivity index (χ2n) is 11.5. The minimum Gasteiger partial charge on any atom is -0.309 e.